The van der Waals surface area contributed by atoms with E-state index in [4.69, 9.17) is 4.98 Å². The molecule has 4 heterocycles. The van der Waals surface area contributed by atoms with Gasteiger partial charge in [0.05, 0.1) is 11.0 Å². The van der Waals surface area contributed by atoms with E-state index in [9.17, 15) is 0 Å². The van der Waals surface area contributed by atoms with Gasteiger partial charge in [0.25, 0.3) is 0 Å². The molecular formula is C21H25N5. The number of hydrogen-bond acceptors (Lipinski definition) is 4. The van der Waals surface area contributed by atoms with Crippen molar-refractivity contribution >= 4 is 28.6 Å². The molecule has 0 saturated carbocycles. The molecule has 1 unspecified atom stereocenters. The second kappa shape index (κ2) is 6.11. The van der Waals surface area contributed by atoms with Gasteiger partial charge in [0.15, 0.2) is 0 Å². The number of imidazole rings is 1. The van der Waals surface area contributed by atoms with E-state index in [1.54, 1.807) is 0 Å². The van der Waals surface area contributed by atoms with Crippen molar-refractivity contribution in [3.63, 3.8) is 0 Å². The van der Waals surface area contributed by atoms with Crippen molar-refractivity contribution in [1.82, 2.24) is 19.2 Å². The van der Waals surface area contributed by atoms with Gasteiger partial charge in [-0.2, -0.15) is 0 Å². The van der Waals surface area contributed by atoms with Gasteiger partial charge in [0.2, 0.25) is 0 Å². The maximum Gasteiger partial charge on any atom is 0.139 e. The van der Waals surface area contributed by atoms with Crippen molar-refractivity contribution in [3.05, 3.63) is 48.0 Å². The molecule has 1 atom stereocenters. The van der Waals surface area contributed by atoms with E-state index in [1.165, 1.54) is 29.9 Å². The number of rotatable bonds is 1. The van der Waals surface area contributed by atoms with Gasteiger partial charge in [0, 0.05) is 32.2 Å². The topological polar surface area (TPSA) is 27.0 Å². The Balaban J connectivity index is 1.62. The van der Waals surface area contributed by atoms with Crippen LogP contribution in [0.15, 0.2) is 42.5 Å². The van der Waals surface area contributed by atoms with Gasteiger partial charge in [-0.1, -0.05) is 18.2 Å². The normalized spacial score (nSPS) is 22.1. The molecule has 5 rings (SSSR count). The maximum absolute atomic E-state index is 4.81. The number of hydrogen-bond donors (Lipinski definition) is 0. The van der Waals surface area contributed by atoms with Gasteiger partial charge in [-0.3, -0.25) is 9.30 Å². The summed E-state index contributed by atoms with van der Waals surface area (Å²) < 4.78 is 2.31. The Morgan fingerprint density at radius 1 is 0.962 bits per heavy atom. The van der Waals surface area contributed by atoms with Crippen LogP contribution in [-0.4, -0.2) is 65.6 Å². The molecule has 0 aliphatic carbocycles. The Hall–Kier alpha value is -2.37. The van der Waals surface area contributed by atoms with Gasteiger partial charge in [-0.05, 0) is 50.4 Å². The van der Waals surface area contributed by atoms with Crippen LogP contribution in [0.5, 0.6) is 0 Å². The average Bonchev–Trinajstić information content (AvgIpc) is 2.90. The van der Waals surface area contributed by atoms with Gasteiger partial charge in [0.1, 0.15) is 17.6 Å². The van der Waals surface area contributed by atoms with Crippen LogP contribution in [0.2, 0.25) is 0 Å². The van der Waals surface area contributed by atoms with E-state index in [-0.39, 0.29) is 0 Å². The Kier molecular flexibility index (Phi) is 3.72. The van der Waals surface area contributed by atoms with Crippen molar-refractivity contribution in [1.29, 1.82) is 0 Å². The molecule has 0 radical (unpaired) electrons. The Morgan fingerprint density at radius 2 is 1.85 bits per heavy atom. The molecule has 1 saturated heterocycles. The Morgan fingerprint density at radius 3 is 2.77 bits per heavy atom. The Labute approximate surface area is 154 Å². The first-order chi connectivity index (χ1) is 12.7. The second-order valence-electron chi connectivity index (χ2n) is 7.48. The summed E-state index contributed by atoms with van der Waals surface area (Å²) in [5.41, 5.74) is 4.50. The first kappa shape index (κ1) is 15.9. The van der Waals surface area contributed by atoms with Crippen molar-refractivity contribution in [2.45, 2.75) is 12.6 Å². The first-order valence-electron chi connectivity index (χ1n) is 9.46. The molecule has 5 nitrogen and oxygen atoms in total. The maximum atomic E-state index is 4.81. The van der Waals surface area contributed by atoms with E-state index < -0.39 is 0 Å². The molecule has 0 amide bonds. The van der Waals surface area contributed by atoms with Crippen LogP contribution in [0.4, 0.5) is 5.82 Å². The van der Waals surface area contributed by atoms with E-state index >= 15 is 0 Å². The quantitative estimate of drug-likeness (QED) is 0.676. The molecule has 0 spiro atoms. The number of nitrogens with zero attached hydrogens (tertiary/aromatic N) is 5. The molecule has 1 aromatic carbocycles. The number of likely N-dealkylation sites (N-methyl/N-ethyl adjacent to an activating group) is 2. The molecule has 26 heavy (non-hydrogen) atoms. The molecule has 134 valence electrons. The van der Waals surface area contributed by atoms with Crippen LogP contribution in [0.25, 0.3) is 22.8 Å². The number of pyridine rings is 1. The number of benzene rings is 1. The minimum atomic E-state index is 0.292. The highest BCUT2D eigenvalue weighted by Crippen LogP contribution is 2.33. The predicted molar refractivity (Wildman–Crippen MR) is 108 cm³/mol. The molecule has 0 bridgehead atoms. The number of aromatic nitrogens is 2. The van der Waals surface area contributed by atoms with Gasteiger partial charge in [-0.15, -0.1) is 0 Å². The van der Waals surface area contributed by atoms with Crippen molar-refractivity contribution in [2.24, 2.45) is 0 Å². The minimum Gasteiger partial charge on any atom is -0.341 e. The molecule has 2 aromatic heterocycles. The smallest absolute Gasteiger partial charge is 0.139 e. The summed E-state index contributed by atoms with van der Waals surface area (Å²) in [6.07, 6.45) is 6.14. The molecule has 1 fully saturated rings. The lowest BCUT2D eigenvalue weighted by Gasteiger charge is -2.39. The van der Waals surface area contributed by atoms with Crippen LogP contribution in [0, 0.1) is 0 Å². The average molecular weight is 347 g/mol. The highest BCUT2D eigenvalue weighted by Gasteiger charge is 2.28. The number of fused-ring (bicyclic) bond motifs is 5. The second-order valence-corrected chi connectivity index (χ2v) is 7.48. The van der Waals surface area contributed by atoms with Gasteiger partial charge >= 0.3 is 0 Å². The van der Waals surface area contributed by atoms with Gasteiger partial charge in [-0.25, -0.2) is 4.98 Å². The molecule has 0 N–H and O–H groups in total. The van der Waals surface area contributed by atoms with E-state index in [1.807, 2.05) is 0 Å². The summed E-state index contributed by atoms with van der Waals surface area (Å²) in [6.45, 7) is 4.55. The fourth-order valence-corrected chi connectivity index (χ4v) is 4.38. The van der Waals surface area contributed by atoms with Crippen LogP contribution in [-0.2, 0) is 0 Å². The fraction of sp³-hybridized carbons (Fsp3) is 0.381. The first-order valence-corrected chi connectivity index (χ1v) is 9.46. The molecule has 2 aliphatic rings. The lowest BCUT2D eigenvalue weighted by atomic mass is 10.1. The third-order valence-corrected chi connectivity index (χ3v) is 5.78. The lowest BCUT2D eigenvalue weighted by molar-refractivity contribution is 0.232. The van der Waals surface area contributed by atoms with E-state index in [0.29, 0.717) is 6.17 Å². The van der Waals surface area contributed by atoms with Crippen LogP contribution in [0.3, 0.4) is 0 Å². The summed E-state index contributed by atoms with van der Waals surface area (Å²) in [5, 5.41) is 0. The highest BCUT2D eigenvalue weighted by molar-refractivity contribution is 5.85. The van der Waals surface area contributed by atoms with Crippen LogP contribution < -0.4 is 4.90 Å². The zero-order valence-electron chi connectivity index (χ0n) is 15.5. The van der Waals surface area contributed by atoms with Crippen LogP contribution in [0.1, 0.15) is 12.0 Å². The zero-order chi connectivity index (χ0) is 17.7. The molecule has 2 aliphatic heterocycles. The lowest BCUT2D eigenvalue weighted by Crippen LogP contribution is -2.48. The number of para-hydroxylation sites is 2. The van der Waals surface area contributed by atoms with Crippen LogP contribution >= 0.6 is 0 Å². The molecule has 3 aromatic rings. The molecular weight excluding hydrogens is 322 g/mol. The Bertz CT molecular complexity index is 989. The molecule has 5 heteroatoms. The third-order valence-electron chi connectivity index (χ3n) is 5.78. The predicted octanol–water partition coefficient (Wildman–Crippen LogP) is 2.91. The standard InChI is InChI=1S/C21H25N5/c1-23-12-5-13-25(15-14-23)20-11-9-16-8-10-19-22-17-6-3-4-7-18(17)26(19)21(16)24(20)2/h3-4,6-11,20H,5,12-15H2,1-2H3. The van der Waals surface area contributed by atoms with Crippen molar-refractivity contribution in [2.75, 3.05) is 45.2 Å². The monoisotopic (exact) mass is 347 g/mol. The SMILES string of the molecule is CN1CCCN(C2C=Cc3ccc4nc5ccccc5n4c3N2C)CC1. The zero-order valence-corrected chi connectivity index (χ0v) is 15.5. The van der Waals surface area contributed by atoms with E-state index in [2.05, 4.69) is 81.7 Å². The largest absolute Gasteiger partial charge is 0.341 e. The minimum absolute atomic E-state index is 0.292. The number of anilines is 1. The summed E-state index contributed by atoms with van der Waals surface area (Å²) >= 11 is 0. The summed E-state index contributed by atoms with van der Waals surface area (Å²) in [6, 6.07) is 12.7. The summed E-state index contributed by atoms with van der Waals surface area (Å²) in [7, 11) is 4.44. The van der Waals surface area contributed by atoms with Crippen molar-refractivity contribution in [3.8, 4) is 0 Å². The van der Waals surface area contributed by atoms with E-state index in [0.717, 1.165) is 30.8 Å². The van der Waals surface area contributed by atoms with Crippen molar-refractivity contribution < 1.29 is 0 Å². The van der Waals surface area contributed by atoms with Gasteiger partial charge < -0.3 is 9.80 Å². The highest BCUT2D eigenvalue weighted by atomic mass is 15.4. The summed E-state index contributed by atoms with van der Waals surface area (Å²) in [5.74, 6) is 1.24. The fourth-order valence-electron chi connectivity index (χ4n) is 4.38. The third kappa shape index (κ3) is 2.42. The summed E-state index contributed by atoms with van der Waals surface area (Å²) in [4.78, 5) is 12.3.